The van der Waals surface area contributed by atoms with Crippen molar-refractivity contribution in [3.05, 3.63) is 96.1 Å². The number of benzene rings is 3. The van der Waals surface area contributed by atoms with Gasteiger partial charge in [-0.25, -0.2) is 0 Å². The van der Waals surface area contributed by atoms with Gasteiger partial charge in [-0.3, -0.25) is 0 Å². The van der Waals surface area contributed by atoms with E-state index in [-0.39, 0.29) is 23.0 Å². The second kappa shape index (κ2) is 15.0. The maximum Gasteiger partial charge on any atom is 0.192 e. The average molecular weight is 607 g/mol. The van der Waals surface area contributed by atoms with Crippen molar-refractivity contribution in [2.24, 2.45) is 11.8 Å². The SMILES string of the molecule is C=CCOc1ccc([C@H](O[Si](C)(C)C(C)(C)C)[C@H](C)[C@@H](C)[C@@H](O)c2ccc(OCc3ccccc3)c(OC)c2)cc1OC. The molecule has 0 radical (unpaired) electrons. The van der Waals surface area contributed by atoms with Gasteiger partial charge in [-0.05, 0) is 70.9 Å². The third-order valence-corrected chi connectivity index (χ3v) is 13.1. The van der Waals surface area contributed by atoms with Crippen LogP contribution in [0.15, 0.2) is 79.4 Å². The molecule has 7 heteroatoms. The van der Waals surface area contributed by atoms with Gasteiger partial charge in [-0.1, -0.05) is 89.7 Å². The molecule has 0 bridgehead atoms. The lowest BCUT2D eigenvalue weighted by molar-refractivity contribution is 0.0264. The first-order valence-corrected chi connectivity index (χ1v) is 17.9. The summed E-state index contributed by atoms with van der Waals surface area (Å²) in [6.07, 6.45) is 0.677. The molecule has 0 aromatic heterocycles. The zero-order valence-corrected chi connectivity index (χ0v) is 28.3. The van der Waals surface area contributed by atoms with Crippen LogP contribution < -0.4 is 18.9 Å². The van der Waals surface area contributed by atoms with E-state index in [1.165, 1.54) is 0 Å². The number of hydrogen-bond donors (Lipinski definition) is 1. The zero-order chi connectivity index (χ0) is 31.8. The molecule has 0 saturated heterocycles. The third kappa shape index (κ3) is 8.65. The Kier molecular flexibility index (Phi) is 11.9. The Morgan fingerprint density at radius 3 is 1.91 bits per heavy atom. The average Bonchev–Trinajstić information content (AvgIpc) is 3.00. The molecule has 0 aliphatic heterocycles. The minimum absolute atomic E-state index is 0.00682. The van der Waals surface area contributed by atoms with Crippen molar-refractivity contribution in [3.63, 3.8) is 0 Å². The lowest BCUT2D eigenvalue weighted by Gasteiger charge is -2.43. The first-order chi connectivity index (χ1) is 20.3. The van der Waals surface area contributed by atoms with E-state index < -0.39 is 14.4 Å². The maximum atomic E-state index is 11.7. The molecule has 0 unspecified atom stereocenters. The Bertz CT molecular complexity index is 1320. The van der Waals surface area contributed by atoms with Gasteiger partial charge in [0.05, 0.1) is 26.4 Å². The van der Waals surface area contributed by atoms with Crippen molar-refractivity contribution in [2.45, 2.75) is 71.6 Å². The van der Waals surface area contributed by atoms with E-state index in [2.05, 4.69) is 54.3 Å². The summed E-state index contributed by atoms with van der Waals surface area (Å²) < 4.78 is 30.3. The summed E-state index contributed by atoms with van der Waals surface area (Å²) in [5.74, 6) is 2.31. The Balaban J connectivity index is 1.91. The molecule has 0 amide bonds. The quantitative estimate of drug-likeness (QED) is 0.138. The predicted molar refractivity (Wildman–Crippen MR) is 177 cm³/mol. The second-order valence-electron chi connectivity index (χ2n) is 12.7. The Morgan fingerprint density at radius 1 is 0.791 bits per heavy atom. The van der Waals surface area contributed by atoms with Crippen molar-refractivity contribution in [3.8, 4) is 23.0 Å². The maximum absolute atomic E-state index is 11.7. The van der Waals surface area contributed by atoms with Crippen molar-refractivity contribution in [1.29, 1.82) is 0 Å². The molecule has 234 valence electrons. The minimum atomic E-state index is -2.20. The molecule has 4 atom stereocenters. The molecule has 1 N–H and O–H groups in total. The van der Waals surface area contributed by atoms with Gasteiger partial charge >= 0.3 is 0 Å². The summed E-state index contributed by atoms with van der Waals surface area (Å²) in [5, 5.41) is 11.7. The van der Waals surface area contributed by atoms with E-state index in [9.17, 15) is 5.11 Å². The van der Waals surface area contributed by atoms with Gasteiger partial charge in [-0.15, -0.1) is 0 Å². The van der Waals surface area contributed by atoms with Gasteiger partial charge in [0.15, 0.2) is 31.3 Å². The fourth-order valence-electron chi connectivity index (χ4n) is 4.69. The normalized spacial score (nSPS) is 14.7. The number of methoxy groups -OCH3 is 2. The van der Waals surface area contributed by atoms with Gasteiger partial charge in [0.2, 0.25) is 0 Å². The Labute approximate surface area is 259 Å². The van der Waals surface area contributed by atoms with Gasteiger partial charge in [0.25, 0.3) is 0 Å². The second-order valence-corrected chi connectivity index (χ2v) is 17.4. The molecular formula is C36H50O6Si. The highest BCUT2D eigenvalue weighted by Crippen LogP contribution is 2.46. The van der Waals surface area contributed by atoms with Crippen molar-refractivity contribution in [2.75, 3.05) is 20.8 Å². The standard InChI is InChI=1S/C36H50O6Si/c1-11-21-40-30-20-18-29(23-33(30)39-8)35(42-43(9,10)36(4,5)6)26(3)25(2)34(37)28-17-19-31(32(22-28)38-7)41-24-27-15-13-12-14-16-27/h11-20,22-23,25-26,34-35,37H,1,21,24H2,2-10H3/t25-,26-,34-,35-/m1/s1. The molecule has 3 rings (SSSR count). The van der Waals surface area contributed by atoms with E-state index in [0.29, 0.717) is 36.2 Å². The van der Waals surface area contributed by atoms with Crippen LogP contribution >= 0.6 is 0 Å². The van der Waals surface area contributed by atoms with Crippen molar-refractivity contribution < 1.29 is 28.5 Å². The number of hydrogen-bond acceptors (Lipinski definition) is 6. The monoisotopic (exact) mass is 606 g/mol. The molecule has 43 heavy (non-hydrogen) atoms. The van der Waals surface area contributed by atoms with E-state index in [1.54, 1.807) is 20.3 Å². The Hall–Kier alpha value is -3.26. The van der Waals surface area contributed by atoms with Crippen LogP contribution in [-0.2, 0) is 11.0 Å². The minimum Gasteiger partial charge on any atom is -0.493 e. The molecule has 6 nitrogen and oxygen atoms in total. The van der Waals surface area contributed by atoms with Crippen LogP contribution in [0.4, 0.5) is 0 Å². The fraction of sp³-hybridized carbons (Fsp3) is 0.444. The highest BCUT2D eigenvalue weighted by Gasteiger charge is 2.42. The molecular weight excluding hydrogens is 556 g/mol. The molecule has 0 spiro atoms. The summed E-state index contributed by atoms with van der Waals surface area (Å²) >= 11 is 0. The first-order valence-electron chi connectivity index (χ1n) is 14.9. The van der Waals surface area contributed by atoms with Crippen LogP contribution in [0.2, 0.25) is 18.1 Å². The molecule has 0 aliphatic rings. The van der Waals surface area contributed by atoms with Crippen LogP contribution in [0.25, 0.3) is 0 Å². The number of ether oxygens (including phenoxy) is 4. The largest absolute Gasteiger partial charge is 0.493 e. The van der Waals surface area contributed by atoms with Crippen molar-refractivity contribution in [1.82, 2.24) is 0 Å². The third-order valence-electron chi connectivity index (χ3n) is 8.67. The highest BCUT2D eigenvalue weighted by molar-refractivity contribution is 6.74. The highest BCUT2D eigenvalue weighted by atomic mass is 28.4. The summed E-state index contributed by atoms with van der Waals surface area (Å²) in [6, 6.07) is 21.6. The van der Waals surface area contributed by atoms with E-state index >= 15 is 0 Å². The zero-order valence-electron chi connectivity index (χ0n) is 27.3. The van der Waals surface area contributed by atoms with Crippen LogP contribution in [-0.4, -0.2) is 34.3 Å². The predicted octanol–water partition coefficient (Wildman–Crippen LogP) is 8.92. The van der Waals surface area contributed by atoms with Crippen LogP contribution in [0.5, 0.6) is 23.0 Å². The lowest BCUT2D eigenvalue weighted by atomic mass is 9.81. The fourth-order valence-corrected chi connectivity index (χ4v) is 6.03. The van der Waals surface area contributed by atoms with Crippen molar-refractivity contribution >= 4 is 8.32 Å². The number of rotatable bonds is 15. The molecule has 0 heterocycles. The smallest absolute Gasteiger partial charge is 0.192 e. The van der Waals surface area contributed by atoms with Gasteiger partial charge in [0.1, 0.15) is 13.2 Å². The summed E-state index contributed by atoms with van der Waals surface area (Å²) in [4.78, 5) is 0. The molecule has 0 saturated carbocycles. The van der Waals surface area contributed by atoms with E-state index in [4.69, 9.17) is 23.4 Å². The Morgan fingerprint density at radius 2 is 1.35 bits per heavy atom. The summed E-state index contributed by atoms with van der Waals surface area (Å²) in [7, 11) is 1.06. The lowest BCUT2D eigenvalue weighted by Crippen LogP contribution is -2.43. The van der Waals surface area contributed by atoms with Crippen LogP contribution in [0.1, 0.15) is 63.5 Å². The van der Waals surface area contributed by atoms with Crippen LogP contribution in [0.3, 0.4) is 0 Å². The number of aliphatic hydroxyl groups is 1. The molecule has 3 aromatic carbocycles. The van der Waals surface area contributed by atoms with E-state index in [1.807, 2.05) is 66.7 Å². The molecule has 0 fully saturated rings. The van der Waals surface area contributed by atoms with Gasteiger partial charge in [0, 0.05) is 0 Å². The first kappa shape index (κ1) is 34.2. The summed E-state index contributed by atoms with van der Waals surface area (Å²) in [5.41, 5.74) is 2.82. The summed E-state index contributed by atoms with van der Waals surface area (Å²) in [6.45, 7) is 20.0. The van der Waals surface area contributed by atoms with E-state index in [0.717, 1.165) is 16.7 Å². The number of aliphatic hydroxyl groups excluding tert-OH is 1. The molecule has 3 aromatic rings. The topological polar surface area (TPSA) is 66.4 Å². The van der Waals surface area contributed by atoms with Gasteiger partial charge in [-0.2, -0.15) is 0 Å². The van der Waals surface area contributed by atoms with Gasteiger partial charge < -0.3 is 28.5 Å². The molecule has 0 aliphatic carbocycles. The van der Waals surface area contributed by atoms with Crippen LogP contribution in [0, 0.1) is 11.8 Å².